The lowest BCUT2D eigenvalue weighted by atomic mass is 9.98. The maximum Gasteiger partial charge on any atom is 0.363 e. The predicted octanol–water partition coefficient (Wildman–Crippen LogP) is -2.02. The Balaban J connectivity index is 2.36. The first-order valence-electron chi connectivity index (χ1n) is 8.11. The van der Waals surface area contributed by atoms with Crippen LogP contribution in [0.5, 0.6) is 0 Å². The number of rotatable bonds is 8. The monoisotopic (exact) mass is 479 g/mol. The number of amides is 2. The Kier molecular flexibility index (Phi) is 6.52. The second-order valence-electron chi connectivity index (χ2n) is 6.45. The molecule has 17 heteroatoms. The lowest BCUT2D eigenvalue weighted by Crippen LogP contribution is -2.74. The van der Waals surface area contributed by atoms with E-state index in [4.69, 9.17) is 20.2 Å². The van der Waals surface area contributed by atoms with E-state index in [9.17, 15) is 27.6 Å². The second kappa shape index (κ2) is 8.44. The van der Waals surface area contributed by atoms with Crippen molar-refractivity contribution in [1.29, 1.82) is 0 Å². The number of hydrogen-bond donors (Lipinski definition) is 4. The summed E-state index contributed by atoms with van der Waals surface area (Å²) in [6.45, 7) is 2.30. The van der Waals surface area contributed by atoms with E-state index in [1.54, 1.807) is 0 Å². The summed E-state index contributed by atoms with van der Waals surface area (Å²) < 4.78 is 36.0. The zero-order valence-electron chi connectivity index (χ0n) is 16.1. The van der Waals surface area contributed by atoms with Crippen LogP contribution >= 0.6 is 11.3 Å². The highest BCUT2D eigenvalue weighted by atomic mass is 32.2. The normalized spacial score (nSPS) is 19.4. The van der Waals surface area contributed by atoms with Crippen LogP contribution in [0.2, 0.25) is 0 Å². The number of esters is 1. The molecule has 2 rings (SSSR count). The first-order valence-corrected chi connectivity index (χ1v) is 10.4. The predicted molar refractivity (Wildman–Crippen MR) is 102 cm³/mol. The number of carbonyl (C=O) groups excluding carboxylic acids is 3. The van der Waals surface area contributed by atoms with E-state index in [-0.39, 0.29) is 15.1 Å². The summed E-state index contributed by atoms with van der Waals surface area (Å²) in [6, 6.07) is -3.62. The number of anilines is 1. The van der Waals surface area contributed by atoms with E-state index < -0.39 is 57.5 Å². The van der Waals surface area contributed by atoms with Crippen molar-refractivity contribution in [2.45, 2.75) is 31.5 Å². The molecule has 1 aromatic heterocycles. The van der Waals surface area contributed by atoms with Crippen LogP contribution < -0.4 is 11.1 Å². The van der Waals surface area contributed by atoms with Gasteiger partial charge in [-0.15, -0.1) is 11.3 Å². The van der Waals surface area contributed by atoms with E-state index in [0.29, 0.717) is 0 Å². The first kappa shape index (κ1) is 24.0. The Morgan fingerprint density at radius 1 is 1.39 bits per heavy atom. The first-order chi connectivity index (χ1) is 14.2. The number of nitrogens with two attached hydrogens (primary N) is 1. The number of thiazole rings is 1. The van der Waals surface area contributed by atoms with Crippen LogP contribution in [-0.4, -0.2) is 81.6 Å². The number of β-lactam (4-membered cyclic amide) rings is 1. The van der Waals surface area contributed by atoms with Gasteiger partial charge in [0.15, 0.2) is 16.9 Å². The van der Waals surface area contributed by atoms with Gasteiger partial charge in [0.25, 0.3) is 11.8 Å². The van der Waals surface area contributed by atoms with Crippen molar-refractivity contribution >= 4 is 56.2 Å². The molecule has 0 aromatic carbocycles. The van der Waals surface area contributed by atoms with Crippen LogP contribution in [0.15, 0.2) is 10.5 Å². The molecule has 2 heterocycles. The van der Waals surface area contributed by atoms with Crippen molar-refractivity contribution in [2.75, 3.05) is 12.8 Å². The number of nitrogens with zero attached hydrogens (tertiary/aromatic N) is 3. The number of nitrogen functional groups attached to an aromatic ring is 1. The molecule has 1 aliphatic rings. The topological polar surface area (TPSA) is 228 Å². The fraction of sp³-hybridized carbons (Fsp3) is 0.429. The minimum absolute atomic E-state index is 0.0256. The number of nitrogens with one attached hydrogen (secondary N) is 1. The molecule has 2 amide bonds. The maximum absolute atomic E-state index is 12.7. The highest BCUT2D eigenvalue weighted by Crippen LogP contribution is 2.25. The van der Waals surface area contributed by atoms with Crippen LogP contribution in [0, 0.1) is 0 Å². The van der Waals surface area contributed by atoms with Gasteiger partial charge in [0, 0.05) is 5.38 Å². The molecule has 1 aromatic rings. The van der Waals surface area contributed by atoms with E-state index in [1.165, 1.54) is 5.38 Å². The molecule has 1 aliphatic heterocycles. The van der Waals surface area contributed by atoms with Crippen molar-refractivity contribution in [1.82, 2.24) is 14.6 Å². The van der Waals surface area contributed by atoms with Crippen molar-refractivity contribution in [3.63, 3.8) is 0 Å². The Hall–Kier alpha value is -3.31. The van der Waals surface area contributed by atoms with Crippen LogP contribution in [0.4, 0.5) is 5.13 Å². The molecule has 0 saturated carbocycles. The molecule has 0 bridgehead atoms. The van der Waals surface area contributed by atoms with Crippen molar-refractivity contribution in [3.8, 4) is 0 Å². The third-order valence-corrected chi connectivity index (χ3v) is 5.47. The third kappa shape index (κ3) is 4.89. The maximum atomic E-state index is 12.7. The Bertz CT molecular complexity index is 1060. The van der Waals surface area contributed by atoms with E-state index >= 15 is 0 Å². The van der Waals surface area contributed by atoms with Gasteiger partial charge < -0.3 is 25.7 Å². The lowest BCUT2D eigenvalue weighted by Gasteiger charge is -2.41. The van der Waals surface area contributed by atoms with Crippen LogP contribution in [0.25, 0.3) is 0 Å². The smallest absolute Gasteiger partial charge is 0.363 e. The molecule has 1 saturated heterocycles. The van der Waals surface area contributed by atoms with E-state index in [0.717, 1.165) is 32.3 Å². The Morgan fingerprint density at radius 2 is 2.00 bits per heavy atom. The lowest BCUT2D eigenvalue weighted by molar-refractivity contribution is -0.162. The largest absolute Gasteiger partial charge is 0.478 e. The third-order valence-electron chi connectivity index (χ3n) is 3.89. The number of carboxylic acids is 1. The molecular formula is C14H17N5O10S2. The highest BCUT2D eigenvalue weighted by molar-refractivity contribution is 7.84. The number of methoxy groups -OCH3 is 1. The molecule has 15 nitrogen and oxygen atoms in total. The fourth-order valence-corrected chi connectivity index (χ4v) is 3.61. The summed E-state index contributed by atoms with van der Waals surface area (Å²) in [7, 11) is -4.21. The Labute approximate surface area is 178 Å². The van der Waals surface area contributed by atoms with Crippen molar-refractivity contribution < 1.29 is 46.8 Å². The molecule has 2 atom stereocenters. The van der Waals surface area contributed by atoms with Gasteiger partial charge in [-0.2, -0.15) is 12.7 Å². The number of aromatic nitrogens is 1. The fourth-order valence-electron chi connectivity index (χ4n) is 2.22. The molecule has 5 N–H and O–H groups in total. The summed E-state index contributed by atoms with van der Waals surface area (Å²) in [6.07, 6.45) is 0. The van der Waals surface area contributed by atoms with Gasteiger partial charge in [0.05, 0.1) is 7.11 Å². The minimum atomic E-state index is -5.11. The van der Waals surface area contributed by atoms with Gasteiger partial charge >= 0.3 is 22.2 Å². The average Bonchev–Trinajstić information content (AvgIpc) is 3.07. The molecule has 170 valence electrons. The van der Waals surface area contributed by atoms with Gasteiger partial charge in [-0.1, -0.05) is 5.16 Å². The number of hydrogen-bond acceptors (Lipinski definition) is 12. The van der Waals surface area contributed by atoms with Crippen molar-refractivity contribution in [3.05, 3.63) is 11.1 Å². The molecule has 0 radical (unpaired) electrons. The number of oxime groups is 1. The molecule has 0 unspecified atom stereocenters. The van der Waals surface area contributed by atoms with Gasteiger partial charge in [-0.25, -0.2) is 14.6 Å². The van der Waals surface area contributed by atoms with E-state index in [2.05, 4.69) is 20.2 Å². The van der Waals surface area contributed by atoms with Gasteiger partial charge in [-0.05, 0) is 13.8 Å². The number of carbonyl (C=O) groups is 4. The van der Waals surface area contributed by atoms with E-state index in [1.807, 2.05) is 0 Å². The SMILES string of the molecule is COC(=O)[C@@H]1[C@@H](NC(=O)/C(=N/OC(C)(C)C(=O)O)c2csc(N)n2)C(=O)N1S(=O)(=O)O. The quantitative estimate of drug-likeness (QED) is 0.104. The number of aliphatic carboxylic acids is 1. The zero-order chi connectivity index (χ0) is 23.7. The Morgan fingerprint density at radius 3 is 2.45 bits per heavy atom. The zero-order valence-corrected chi connectivity index (χ0v) is 17.8. The molecule has 0 spiro atoms. The summed E-state index contributed by atoms with van der Waals surface area (Å²) in [5.74, 6) is -5.14. The minimum Gasteiger partial charge on any atom is -0.478 e. The number of carboxylic acid groups (broad SMARTS) is 1. The van der Waals surface area contributed by atoms with Gasteiger partial charge in [-0.3, -0.25) is 14.1 Å². The standard InChI is InChI=1S/C14H17N5O10S2/c1-14(2,12(23)24)29-18-6(5-4-30-13(15)16-5)9(20)17-7-8(11(22)28-3)19(10(7)21)31(25,26)27/h4,7-8H,1-3H3,(H2,15,16)(H,17,20)(H,23,24)(H,25,26,27)/b18-6+/t7-,8+/m1/s1. The summed E-state index contributed by atoms with van der Waals surface area (Å²) in [5.41, 5.74) is 2.92. The number of ether oxygens (including phenoxy) is 1. The summed E-state index contributed by atoms with van der Waals surface area (Å²) in [5, 5.41) is 16.0. The average molecular weight is 479 g/mol. The van der Waals surface area contributed by atoms with Gasteiger partial charge in [0.2, 0.25) is 5.60 Å². The summed E-state index contributed by atoms with van der Waals surface area (Å²) in [4.78, 5) is 56.6. The molecule has 0 aliphatic carbocycles. The van der Waals surface area contributed by atoms with Gasteiger partial charge in [0.1, 0.15) is 11.7 Å². The summed E-state index contributed by atoms with van der Waals surface area (Å²) >= 11 is 0.914. The molecule has 31 heavy (non-hydrogen) atoms. The van der Waals surface area contributed by atoms with Crippen LogP contribution in [0.1, 0.15) is 19.5 Å². The molecular weight excluding hydrogens is 462 g/mol. The van der Waals surface area contributed by atoms with Crippen LogP contribution in [0.3, 0.4) is 0 Å². The van der Waals surface area contributed by atoms with Crippen LogP contribution in [-0.2, 0) is 39.1 Å². The molecule has 1 fully saturated rings. The highest BCUT2D eigenvalue weighted by Gasteiger charge is 2.58. The second-order valence-corrected chi connectivity index (χ2v) is 8.63. The van der Waals surface area contributed by atoms with Crippen molar-refractivity contribution in [2.24, 2.45) is 5.16 Å².